The highest BCUT2D eigenvalue weighted by Gasteiger charge is 2.06. The number of aromatic amines is 1. The van der Waals surface area contributed by atoms with Gasteiger partial charge in [0.2, 0.25) is 0 Å². The number of H-pyrrole nitrogens is 1. The maximum Gasteiger partial charge on any atom is 0.198 e. The van der Waals surface area contributed by atoms with Gasteiger partial charge in [-0.1, -0.05) is 6.07 Å². The second kappa shape index (κ2) is 2.20. The van der Waals surface area contributed by atoms with Gasteiger partial charge in [-0.15, -0.1) is 0 Å². The number of halogens is 1. The summed E-state index contributed by atoms with van der Waals surface area (Å²) in [6, 6.07) is 3.08. The average molecular weight is 165 g/mol. The van der Waals surface area contributed by atoms with Gasteiger partial charge in [0, 0.05) is 0 Å². The molecule has 0 aliphatic carbocycles. The fourth-order valence-corrected chi connectivity index (χ4v) is 1.21. The average Bonchev–Trinajstić information content (AvgIpc) is 2.41. The number of hydrogen-bond acceptors (Lipinski definition) is 2. The molecule has 3 N–H and O–H groups in total. The molecule has 12 heavy (non-hydrogen) atoms. The third kappa shape index (κ3) is 0.845. The number of nitrogens with one attached hydrogen (secondary N) is 1. The smallest absolute Gasteiger partial charge is 0.198 e. The van der Waals surface area contributed by atoms with Crippen molar-refractivity contribution in [2.24, 2.45) is 0 Å². The number of fused-ring (bicyclic) bond motifs is 1. The van der Waals surface area contributed by atoms with Crippen LogP contribution in [-0.4, -0.2) is 9.97 Å². The van der Waals surface area contributed by atoms with E-state index in [1.54, 1.807) is 6.07 Å². The van der Waals surface area contributed by atoms with Gasteiger partial charge >= 0.3 is 0 Å². The quantitative estimate of drug-likeness (QED) is 0.622. The highest BCUT2D eigenvalue weighted by molar-refractivity contribution is 5.80. The van der Waals surface area contributed by atoms with E-state index >= 15 is 0 Å². The van der Waals surface area contributed by atoms with Gasteiger partial charge in [-0.2, -0.15) is 0 Å². The highest BCUT2D eigenvalue weighted by atomic mass is 19.1. The first-order valence-corrected chi connectivity index (χ1v) is 3.59. The Labute approximate surface area is 68.4 Å². The minimum Gasteiger partial charge on any atom is -0.369 e. The Kier molecular flexibility index (Phi) is 1.30. The number of nitrogens with two attached hydrogens (primary N) is 1. The summed E-state index contributed by atoms with van der Waals surface area (Å²) in [7, 11) is 0. The van der Waals surface area contributed by atoms with Gasteiger partial charge in [-0.25, -0.2) is 9.37 Å². The molecule has 0 aliphatic heterocycles. The Morgan fingerprint density at radius 2 is 2.25 bits per heavy atom. The van der Waals surface area contributed by atoms with Crippen LogP contribution in [0.25, 0.3) is 11.0 Å². The number of nitrogen functional groups attached to an aromatic ring is 1. The highest BCUT2D eigenvalue weighted by Crippen LogP contribution is 2.19. The van der Waals surface area contributed by atoms with Crippen LogP contribution < -0.4 is 5.73 Å². The molecule has 3 nitrogen and oxygen atoms in total. The number of benzene rings is 1. The second-order valence-corrected chi connectivity index (χ2v) is 2.71. The largest absolute Gasteiger partial charge is 0.369 e. The molecule has 1 heterocycles. The third-order valence-corrected chi connectivity index (χ3v) is 1.81. The van der Waals surface area contributed by atoms with Crippen LogP contribution in [-0.2, 0) is 0 Å². The Balaban J connectivity index is 2.93. The lowest BCUT2D eigenvalue weighted by Crippen LogP contribution is -1.84. The number of anilines is 1. The normalized spacial score (nSPS) is 10.8. The summed E-state index contributed by atoms with van der Waals surface area (Å²) in [4.78, 5) is 6.61. The number of aromatic nitrogens is 2. The molecule has 0 radical (unpaired) electrons. The first-order valence-electron chi connectivity index (χ1n) is 3.59. The Bertz CT molecular complexity index is 394. The minimum absolute atomic E-state index is 0.248. The van der Waals surface area contributed by atoms with E-state index in [9.17, 15) is 4.39 Å². The number of imidazole rings is 1. The molecule has 0 atom stereocenters. The zero-order valence-corrected chi connectivity index (χ0v) is 6.56. The maximum absolute atomic E-state index is 13.1. The molecule has 0 saturated carbocycles. The van der Waals surface area contributed by atoms with Gasteiger partial charge in [-0.3, -0.25) is 0 Å². The molecule has 1 aromatic heterocycles. The number of hydrogen-bond donors (Lipinski definition) is 2. The van der Waals surface area contributed by atoms with Crippen molar-refractivity contribution >= 4 is 17.0 Å². The fraction of sp³-hybridized carbons (Fsp3) is 0.125. The standard InChI is InChI=1S/C8H8FN3/c1-4-2-3-5(9)7-6(4)11-8(10)12-7/h2-3H,1H3,(H3,10,11,12). The summed E-state index contributed by atoms with van der Waals surface area (Å²) < 4.78 is 13.1. The van der Waals surface area contributed by atoms with Crippen molar-refractivity contribution in [3.8, 4) is 0 Å². The van der Waals surface area contributed by atoms with E-state index in [0.717, 1.165) is 5.56 Å². The summed E-state index contributed by atoms with van der Waals surface area (Å²) in [5.41, 5.74) is 7.30. The van der Waals surface area contributed by atoms with Crippen molar-refractivity contribution in [3.05, 3.63) is 23.5 Å². The molecule has 0 spiro atoms. The fourth-order valence-electron chi connectivity index (χ4n) is 1.21. The van der Waals surface area contributed by atoms with Gasteiger partial charge in [0.1, 0.15) is 11.3 Å². The predicted molar refractivity (Wildman–Crippen MR) is 45.2 cm³/mol. The lowest BCUT2D eigenvalue weighted by Gasteiger charge is -1.93. The van der Waals surface area contributed by atoms with E-state index in [1.165, 1.54) is 6.07 Å². The predicted octanol–water partition coefficient (Wildman–Crippen LogP) is 1.59. The van der Waals surface area contributed by atoms with E-state index < -0.39 is 0 Å². The van der Waals surface area contributed by atoms with Crippen LogP contribution in [0.3, 0.4) is 0 Å². The van der Waals surface area contributed by atoms with Crippen LogP contribution in [0.1, 0.15) is 5.56 Å². The first kappa shape index (κ1) is 7.09. The zero-order valence-electron chi connectivity index (χ0n) is 6.56. The Hall–Kier alpha value is -1.58. The molecular weight excluding hydrogens is 157 g/mol. The first-order chi connectivity index (χ1) is 5.68. The van der Waals surface area contributed by atoms with E-state index in [-0.39, 0.29) is 11.8 Å². The molecule has 2 aromatic rings. The van der Waals surface area contributed by atoms with Gasteiger partial charge in [0.05, 0.1) is 5.52 Å². The molecule has 2 rings (SSSR count). The van der Waals surface area contributed by atoms with Crippen molar-refractivity contribution in [2.75, 3.05) is 5.73 Å². The summed E-state index contributed by atoms with van der Waals surface area (Å²) in [5.74, 6) is -0.0713. The van der Waals surface area contributed by atoms with Crippen molar-refractivity contribution in [1.82, 2.24) is 9.97 Å². The van der Waals surface area contributed by atoms with Gasteiger partial charge < -0.3 is 10.7 Å². The third-order valence-electron chi connectivity index (χ3n) is 1.81. The Morgan fingerprint density at radius 3 is 2.92 bits per heavy atom. The molecule has 0 amide bonds. The van der Waals surface area contributed by atoms with Gasteiger partial charge in [-0.05, 0) is 18.6 Å². The topological polar surface area (TPSA) is 54.7 Å². The van der Waals surface area contributed by atoms with E-state index in [0.29, 0.717) is 11.0 Å². The molecule has 0 unspecified atom stereocenters. The van der Waals surface area contributed by atoms with Crippen LogP contribution in [0.5, 0.6) is 0 Å². The van der Waals surface area contributed by atoms with Crippen molar-refractivity contribution in [3.63, 3.8) is 0 Å². The molecule has 0 fully saturated rings. The zero-order chi connectivity index (χ0) is 8.72. The molecular formula is C8H8FN3. The molecule has 0 aliphatic rings. The van der Waals surface area contributed by atoms with Crippen molar-refractivity contribution in [2.45, 2.75) is 6.92 Å². The summed E-state index contributed by atoms with van der Waals surface area (Å²) >= 11 is 0. The Morgan fingerprint density at radius 1 is 1.50 bits per heavy atom. The summed E-state index contributed by atoms with van der Waals surface area (Å²) in [6.07, 6.45) is 0. The van der Waals surface area contributed by atoms with Gasteiger partial charge in [0.25, 0.3) is 0 Å². The van der Waals surface area contributed by atoms with Crippen molar-refractivity contribution < 1.29 is 4.39 Å². The van der Waals surface area contributed by atoms with Crippen LogP contribution in [0, 0.1) is 12.7 Å². The van der Waals surface area contributed by atoms with E-state index in [1.807, 2.05) is 6.92 Å². The number of rotatable bonds is 0. The lowest BCUT2D eigenvalue weighted by molar-refractivity contribution is 0.637. The van der Waals surface area contributed by atoms with Crippen LogP contribution in [0.4, 0.5) is 10.3 Å². The molecule has 0 bridgehead atoms. The second-order valence-electron chi connectivity index (χ2n) is 2.71. The minimum atomic E-state index is -0.320. The van der Waals surface area contributed by atoms with Crippen LogP contribution in [0.2, 0.25) is 0 Å². The summed E-state index contributed by atoms with van der Waals surface area (Å²) in [5, 5.41) is 0. The molecule has 62 valence electrons. The molecule has 1 aromatic carbocycles. The van der Waals surface area contributed by atoms with Crippen LogP contribution >= 0.6 is 0 Å². The molecule has 4 heteroatoms. The molecule has 0 saturated heterocycles. The van der Waals surface area contributed by atoms with Crippen LogP contribution in [0.15, 0.2) is 12.1 Å². The number of aryl methyl sites for hydroxylation is 1. The van der Waals surface area contributed by atoms with E-state index in [4.69, 9.17) is 5.73 Å². The van der Waals surface area contributed by atoms with Crippen molar-refractivity contribution in [1.29, 1.82) is 0 Å². The SMILES string of the molecule is Cc1ccc(F)c2[nH]c(N)nc12. The van der Waals surface area contributed by atoms with E-state index in [2.05, 4.69) is 9.97 Å². The summed E-state index contributed by atoms with van der Waals surface area (Å²) in [6.45, 7) is 1.86. The number of nitrogens with zero attached hydrogens (tertiary/aromatic N) is 1. The monoisotopic (exact) mass is 165 g/mol. The lowest BCUT2D eigenvalue weighted by atomic mass is 10.2. The maximum atomic E-state index is 13.1. The van der Waals surface area contributed by atoms with Gasteiger partial charge in [0.15, 0.2) is 5.95 Å².